The standard InChI is InChI=1S/C13H12N2O5S/c1-2-20-13(17)11-10(16)7-21-12(11)14-8-3-5-9(6-4-8)15(18)19/h3-6,11H,2,7H2,1H3. The van der Waals surface area contributed by atoms with Crippen molar-refractivity contribution in [2.75, 3.05) is 12.4 Å². The third kappa shape index (κ3) is 3.46. The molecular weight excluding hydrogens is 296 g/mol. The number of aliphatic imine (C=N–C) groups is 1. The van der Waals surface area contributed by atoms with Crippen LogP contribution in [0.15, 0.2) is 29.3 Å². The van der Waals surface area contributed by atoms with Crippen LogP contribution in [0.25, 0.3) is 0 Å². The van der Waals surface area contributed by atoms with Gasteiger partial charge in [0.15, 0.2) is 11.7 Å². The molecule has 0 amide bonds. The average molecular weight is 308 g/mol. The van der Waals surface area contributed by atoms with E-state index >= 15 is 0 Å². The van der Waals surface area contributed by atoms with E-state index in [4.69, 9.17) is 4.74 Å². The van der Waals surface area contributed by atoms with Crippen molar-refractivity contribution in [1.29, 1.82) is 0 Å². The van der Waals surface area contributed by atoms with Crippen molar-refractivity contribution in [3.63, 3.8) is 0 Å². The Morgan fingerprint density at radius 2 is 2.14 bits per heavy atom. The van der Waals surface area contributed by atoms with Crippen molar-refractivity contribution in [3.8, 4) is 0 Å². The lowest BCUT2D eigenvalue weighted by Gasteiger charge is -2.07. The Balaban J connectivity index is 2.24. The summed E-state index contributed by atoms with van der Waals surface area (Å²) < 4.78 is 4.87. The highest BCUT2D eigenvalue weighted by atomic mass is 32.2. The van der Waals surface area contributed by atoms with Crippen LogP contribution in [0.3, 0.4) is 0 Å². The van der Waals surface area contributed by atoms with Crippen LogP contribution in [0.4, 0.5) is 11.4 Å². The fourth-order valence-corrected chi connectivity index (χ4v) is 2.80. The number of rotatable bonds is 4. The number of esters is 1. The van der Waals surface area contributed by atoms with E-state index in [1.54, 1.807) is 6.92 Å². The van der Waals surface area contributed by atoms with Gasteiger partial charge < -0.3 is 4.74 Å². The third-order valence-electron chi connectivity index (χ3n) is 2.75. The summed E-state index contributed by atoms with van der Waals surface area (Å²) in [5.74, 6) is -1.65. The van der Waals surface area contributed by atoms with E-state index in [9.17, 15) is 19.7 Å². The van der Waals surface area contributed by atoms with Gasteiger partial charge in [0, 0.05) is 12.1 Å². The van der Waals surface area contributed by atoms with Gasteiger partial charge in [-0.2, -0.15) is 0 Å². The Morgan fingerprint density at radius 1 is 1.48 bits per heavy atom. The number of nitrogens with zero attached hydrogens (tertiary/aromatic N) is 2. The number of ether oxygens (including phenoxy) is 1. The van der Waals surface area contributed by atoms with Crippen LogP contribution < -0.4 is 0 Å². The molecule has 2 rings (SSSR count). The second-order valence-electron chi connectivity index (χ2n) is 4.16. The van der Waals surface area contributed by atoms with Crippen LogP contribution in [0.5, 0.6) is 0 Å². The van der Waals surface area contributed by atoms with Crippen LogP contribution in [-0.2, 0) is 14.3 Å². The van der Waals surface area contributed by atoms with Gasteiger partial charge in [0.05, 0.1) is 28.0 Å². The molecule has 1 aliphatic heterocycles. The first-order valence-electron chi connectivity index (χ1n) is 6.18. The molecule has 1 heterocycles. The molecule has 1 unspecified atom stereocenters. The molecule has 0 saturated carbocycles. The van der Waals surface area contributed by atoms with Crippen LogP contribution in [0.1, 0.15) is 6.92 Å². The molecule has 0 N–H and O–H groups in total. The highest BCUT2D eigenvalue weighted by Crippen LogP contribution is 2.29. The number of Topliss-reactive ketones (excluding diaryl/α,β-unsaturated/α-hetero) is 1. The summed E-state index contributed by atoms with van der Waals surface area (Å²) >= 11 is 1.18. The molecule has 1 saturated heterocycles. The highest BCUT2D eigenvalue weighted by Gasteiger charge is 2.39. The molecule has 0 aliphatic carbocycles. The Bertz CT molecular complexity index is 611. The summed E-state index contributed by atoms with van der Waals surface area (Å²) in [6.45, 7) is 1.86. The molecule has 110 valence electrons. The molecule has 1 atom stereocenters. The lowest BCUT2D eigenvalue weighted by molar-refractivity contribution is -0.384. The monoisotopic (exact) mass is 308 g/mol. The number of thioether (sulfide) groups is 1. The van der Waals surface area contributed by atoms with Crippen LogP contribution in [0.2, 0.25) is 0 Å². The number of carbonyl (C=O) groups excluding carboxylic acids is 2. The molecule has 1 aromatic carbocycles. The predicted octanol–water partition coefficient (Wildman–Crippen LogP) is 2.12. The van der Waals surface area contributed by atoms with Crippen molar-refractivity contribution in [2.24, 2.45) is 10.9 Å². The summed E-state index contributed by atoms with van der Waals surface area (Å²) in [6.07, 6.45) is 0. The molecule has 1 aliphatic rings. The molecule has 0 spiro atoms. The number of hydrogen-bond acceptors (Lipinski definition) is 7. The van der Waals surface area contributed by atoms with Gasteiger partial charge in [0.1, 0.15) is 0 Å². The average Bonchev–Trinajstić information content (AvgIpc) is 2.80. The minimum absolute atomic E-state index is 0.0453. The second-order valence-corrected chi connectivity index (χ2v) is 5.16. The molecule has 8 heteroatoms. The summed E-state index contributed by atoms with van der Waals surface area (Å²) in [5, 5.41) is 10.9. The third-order valence-corrected chi connectivity index (χ3v) is 3.80. The fourth-order valence-electron chi connectivity index (χ4n) is 1.78. The van der Waals surface area contributed by atoms with Gasteiger partial charge >= 0.3 is 5.97 Å². The summed E-state index contributed by atoms with van der Waals surface area (Å²) in [5.41, 5.74) is 0.406. The Kier molecular flexibility index (Phi) is 4.69. The SMILES string of the molecule is CCOC(=O)C1C(=O)CSC1=Nc1ccc([N+](=O)[O-])cc1. The second kappa shape index (κ2) is 6.49. The normalized spacial score (nSPS) is 19.8. The van der Waals surface area contributed by atoms with Gasteiger partial charge in [0.2, 0.25) is 0 Å². The lowest BCUT2D eigenvalue weighted by Crippen LogP contribution is -2.27. The summed E-state index contributed by atoms with van der Waals surface area (Å²) in [4.78, 5) is 37.8. The highest BCUT2D eigenvalue weighted by molar-refractivity contribution is 8.15. The van der Waals surface area contributed by atoms with E-state index in [1.807, 2.05) is 0 Å². The van der Waals surface area contributed by atoms with E-state index in [2.05, 4.69) is 4.99 Å². The minimum atomic E-state index is -0.981. The Morgan fingerprint density at radius 3 is 2.71 bits per heavy atom. The first-order valence-corrected chi connectivity index (χ1v) is 7.16. The van der Waals surface area contributed by atoms with Crippen molar-refractivity contribution >= 4 is 39.9 Å². The number of ketones is 1. The molecular formula is C13H12N2O5S. The smallest absolute Gasteiger partial charge is 0.323 e. The summed E-state index contributed by atoms with van der Waals surface area (Å²) in [6, 6.07) is 5.58. The van der Waals surface area contributed by atoms with Crippen molar-refractivity contribution < 1.29 is 19.2 Å². The molecule has 0 bridgehead atoms. The van der Waals surface area contributed by atoms with E-state index < -0.39 is 16.8 Å². The molecule has 0 aromatic heterocycles. The topological polar surface area (TPSA) is 98.9 Å². The van der Waals surface area contributed by atoms with Gasteiger partial charge in [0.25, 0.3) is 5.69 Å². The van der Waals surface area contributed by atoms with Gasteiger partial charge in [-0.3, -0.25) is 19.7 Å². The molecule has 0 radical (unpaired) electrons. The van der Waals surface area contributed by atoms with E-state index in [1.165, 1.54) is 36.0 Å². The van der Waals surface area contributed by atoms with Crippen molar-refractivity contribution in [1.82, 2.24) is 0 Å². The van der Waals surface area contributed by atoms with Gasteiger partial charge in [-0.15, -0.1) is 11.8 Å². The quantitative estimate of drug-likeness (QED) is 0.365. The Hall–Kier alpha value is -2.22. The summed E-state index contributed by atoms with van der Waals surface area (Å²) in [7, 11) is 0. The zero-order valence-electron chi connectivity index (χ0n) is 11.1. The molecule has 7 nitrogen and oxygen atoms in total. The van der Waals surface area contributed by atoms with E-state index in [-0.39, 0.29) is 23.8 Å². The van der Waals surface area contributed by atoms with Gasteiger partial charge in [-0.05, 0) is 19.1 Å². The largest absolute Gasteiger partial charge is 0.465 e. The zero-order chi connectivity index (χ0) is 15.4. The maximum atomic E-state index is 11.8. The van der Waals surface area contributed by atoms with Gasteiger partial charge in [-0.25, -0.2) is 4.99 Å². The number of nitro groups is 1. The van der Waals surface area contributed by atoms with Crippen LogP contribution in [-0.4, -0.2) is 34.1 Å². The number of nitro benzene ring substituents is 1. The first-order chi connectivity index (χ1) is 10.0. The predicted molar refractivity (Wildman–Crippen MR) is 77.8 cm³/mol. The van der Waals surface area contributed by atoms with Crippen LogP contribution in [0, 0.1) is 16.0 Å². The lowest BCUT2D eigenvalue weighted by atomic mass is 10.1. The number of non-ortho nitro benzene ring substituents is 1. The zero-order valence-corrected chi connectivity index (χ0v) is 12.0. The van der Waals surface area contributed by atoms with Crippen LogP contribution >= 0.6 is 11.8 Å². The number of hydrogen-bond donors (Lipinski definition) is 0. The van der Waals surface area contributed by atoms with E-state index in [0.29, 0.717) is 10.7 Å². The van der Waals surface area contributed by atoms with Crippen molar-refractivity contribution in [3.05, 3.63) is 34.4 Å². The Labute approximate surface area is 124 Å². The first kappa shape index (κ1) is 15.2. The van der Waals surface area contributed by atoms with E-state index in [0.717, 1.165) is 0 Å². The maximum Gasteiger partial charge on any atom is 0.323 e. The number of benzene rings is 1. The van der Waals surface area contributed by atoms with Crippen molar-refractivity contribution in [2.45, 2.75) is 6.92 Å². The fraction of sp³-hybridized carbons (Fsp3) is 0.308. The number of carbonyl (C=O) groups is 2. The molecule has 21 heavy (non-hydrogen) atoms. The molecule has 1 aromatic rings. The minimum Gasteiger partial charge on any atom is -0.465 e. The van der Waals surface area contributed by atoms with Gasteiger partial charge in [-0.1, -0.05) is 0 Å². The molecule has 1 fully saturated rings. The maximum absolute atomic E-state index is 11.8.